The molecule has 2 heterocycles. The first kappa shape index (κ1) is 18.7. The number of carbonyl (C=O) groups is 1. The molecule has 3 aromatic rings. The standard InChI is InChI=1S/C21H21BrN4O2/c1-24-10-11-25(13-15-4-2-3-5-19(15)24)20(27)8-9-26-14-23-18-7-6-16(22)12-17(18)21(26)28/h2-7,12,14H,8-11,13H2,1H3. The molecule has 1 aliphatic heterocycles. The van der Waals surface area contributed by atoms with Gasteiger partial charge < -0.3 is 9.80 Å². The minimum atomic E-state index is -0.125. The molecule has 28 heavy (non-hydrogen) atoms. The molecule has 0 unspecified atom stereocenters. The number of fused-ring (bicyclic) bond motifs is 2. The summed E-state index contributed by atoms with van der Waals surface area (Å²) in [6.07, 6.45) is 1.80. The van der Waals surface area contributed by atoms with E-state index >= 15 is 0 Å². The van der Waals surface area contributed by atoms with Crippen molar-refractivity contribution < 1.29 is 4.79 Å². The molecule has 0 N–H and O–H groups in total. The first-order valence-corrected chi connectivity index (χ1v) is 10.0. The van der Waals surface area contributed by atoms with Crippen molar-refractivity contribution in [3.8, 4) is 0 Å². The summed E-state index contributed by atoms with van der Waals surface area (Å²) < 4.78 is 2.35. The van der Waals surface area contributed by atoms with Gasteiger partial charge in [-0.15, -0.1) is 0 Å². The zero-order valence-electron chi connectivity index (χ0n) is 15.6. The van der Waals surface area contributed by atoms with Crippen molar-refractivity contribution >= 4 is 38.4 Å². The maximum Gasteiger partial charge on any atom is 0.261 e. The van der Waals surface area contributed by atoms with Crippen LogP contribution in [0.3, 0.4) is 0 Å². The Morgan fingerprint density at radius 3 is 2.86 bits per heavy atom. The van der Waals surface area contributed by atoms with Gasteiger partial charge in [-0.2, -0.15) is 0 Å². The highest BCUT2D eigenvalue weighted by Gasteiger charge is 2.21. The summed E-state index contributed by atoms with van der Waals surface area (Å²) in [6, 6.07) is 13.6. The Bertz CT molecular complexity index is 1100. The molecular formula is C21H21BrN4O2. The fourth-order valence-corrected chi connectivity index (χ4v) is 3.93. The number of nitrogens with zero attached hydrogens (tertiary/aromatic N) is 4. The normalized spacial score (nSPS) is 14.1. The maximum absolute atomic E-state index is 12.8. The predicted molar refractivity (Wildman–Crippen MR) is 113 cm³/mol. The topological polar surface area (TPSA) is 58.4 Å². The third-order valence-corrected chi connectivity index (χ3v) is 5.67. The molecule has 0 spiro atoms. The van der Waals surface area contributed by atoms with E-state index in [4.69, 9.17) is 0 Å². The second-order valence-corrected chi connectivity index (χ2v) is 7.94. The van der Waals surface area contributed by atoms with Gasteiger partial charge in [0.1, 0.15) is 0 Å². The Balaban J connectivity index is 1.50. The van der Waals surface area contributed by atoms with Crippen molar-refractivity contribution in [1.29, 1.82) is 0 Å². The minimum Gasteiger partial charge on any atom is -0.373 e. The van der Waals surface area contributed by atoms with Gasteiger partial charge in [0.25, 0.3) is 5.56 Å². The number of amides is 1. The number of aromatic nitrogens is 2. The van der Waals surface area contributed by atoms with Gasteiger partial charge in [0.2, 0.25) is 5.91 Å². The predicted octanol–water partition coefficient (Wildman–Crippen LogP) is 3.03. The summed E-state index contributed by atoms with van der Waals surface area (Å²) in [7, 11) is 2.05. The lowest BCUT2D eigenvalue weighted by Crippen LogP contribution is -2.35. The average Bonchev–Trinajstić information content (AvgIpc) is 2.87. The van der Waals surface area contributed by atoms with Crippen LogP contribution >= 0.6 is 15.9 Å². The average molecular weight is 441 g/mol. The van der Waals surface area contributed by atoms with E-state index in [1.807, 2.05) is 36.2 Å². The number of para-hydroxylation sites is 1. The molecule has 0 aliphatic carbocycles. The lowest BCUT2D eigenvalue weighted by molar-refractivity contribution is -0.131. The molecule has 0 fully saturated rings. The number of hydrogen-bond donors (Lipinski definition) is 0. The fraction of sp³-hybridized carbons (Fsp3) is 0.286. The van der Waals surface area contributed by atoms with Crippen molar-refractivity contribution in [1.82, 2.24) is 14.5 Å². The van der Waals surface area contributed by atoms with Crippen molar-refractivity contribution in [3.63, 3.8) is 0 Å². The van der Waals surface area contributed by atoms with Gasteiger partial charge in [-0.3, -0.25) is 14.2 Å². The summed E-state index contributed by atoms with van der Waals surface area (Å²) in [5.74, 6) is 0.0475. The van der Waals surface area contributed by atoms with Crippen LogP contribution in [0.15, 0.2) is 58.1 Å². The Morgan fingerprint density at radius 1 is 1.18 bits per heavy atom. The van der Waals surface area contributed by atoms with E-state index in [0.717, 1.165) is 16.6 Å². The van der Waals surface area contributed by atoms with Gasteiger partial charge >= 0.3 is 0 Å². The van der Waals surface area contributed by atoms with Gasteiger partial charge in [-0.05, 0) is 29.8 Å². The Labute approximate surface area is 171 Å². The van der Waals surface area contributed by atoms with Crippen LogP contribution in [0.4, 0.5) is 5.69 Å². The molecule has 6 nitrogen and oxygen atoms in total. The monoisotopic (exact) mass is 440 g/mol. The molecule has 2 aromatic carbocycles. The SMILES string of the molecule is CN1CCN(C(=O)CCn2cnc3ccc(Br)cc3c2=O)Cc2ccccc21. The molecule has 0 radical (unpaired) electrons. The zero-order valence-corrected chi connectivity index (χ0v) is 17.2. The van der Waals surface area contributed by atoms with Crippen LogP contribution in [-0.2, 0) is 17.9 Å². The summed E-state index contributed by atoms with van der Waals surface area (Å²) in [6.45, 7) is 2.37. The number of halogens is 1. The molecule has 0 bridgehead atoms. The Hall–Kier alpha value is -2.67. The highest BCUT2D eigenvalue weighted by Crippen LogP contribution is 2.24. The van der Waals surface area contributed by atoms with Crippen molar-refractivity contribution in [2.45, 2.75) is 19.5 Å². The van der Waals surface area contributed by atoms with Gasteiger partial charge in [0.15, 0.2) is 0 Å². The number of hydrogen-bond acceptors (Lipinski definition) is 4. The van der Waals surface area contributed by atoms with Crippen molar-refractivity contribution in [2.75, 3.05) is 25.0 Å². The third kappa shape index (κ3) is 3.67. The van der Waals surface area contributed by atoms with Crippen LogP contribution in [-0.4, -0.2) is 40.5 Å². The second-order valence-electron chi connectivity index (χ2n) is 7.02. The minimum absolute atomic E-state index is 0.0475. The van der Waals surface area contributed by atoms with Crippen LogP contribution < -0.4 is 10.5 Å². The van der Waals surface area contributed by atoms with Gasteiger partial charge in [0.05, 0.1) is 17.2 Å². The molecule has 1 amide bonds. The van der Waals surface area contributed by atoms with E-state index in [-0.39, 0.29) is 17.9 Å². The van der Waals surface area contributed by atoms with Crippen LogP contribution in [0.5, 0.6) is 0 Å². The highest BCUT2D eigenvalue weighted by atomic mass is 79.9. The van der Waals surface area contributed by atoms with E-state index in [9.17, 15) is 9.59 Å². The number of likely N-dealkylation sites (N-methyl/N-ethyl adjacent to an activating group) is 1. The summed E-state index contributed by atoms with van der Waals surface area (Å²) in [5, 5.41) is 0.551. The van der Waals surface area contributed by atoms with Crippen molar-refractivity contribution in [2.24, 2.45) is 0 Å². The van der Waals surface area contributed by atoms with E-state index in [0.29, 0.717) is 30.5 Å². The molecule has 0 saturated carbocycles. The Kier molecular flexibility index (Phi) is 5.17. The van der Waals surface area contributed by atoms with Crippen LogP contribution in [0.1, 0.15) is 12.0 Å². The quantitative estimate of drug-likeness (QED) is 0.627. The van der Waals surface area contributed by atoms with Crippen LogP contribution in [0.25, 0.3) is 10.9 Å². The first-order chi connectivity index (χ1) is 13.5. The van der Waals surface area contributed by atoms with E-state index in [2.05, 4.69) is 37.9 Å². The second kappa shape index (κ2) is 7.75. The Morgan fingerprint density at radius 2 is 2.00 bits per heavy atom. The number of aryl methyl sites for hydroxylation is 1. The molecule has 4 rings (SSSR count). The summed E-state index contributed by atoms with van der Waals surface area (Å²) in [4.78, 5) is 33.9. The molecule has 0 atom stereocenters. The molecule has 1 aromatic heterocycles. The van der Waals surface area contributed by atoms with Gasteiger partial charge in [-0.1, -0.05) is 34.1 Å². The largest absolute Gasteiger partial charge is 0.373 e. The number of carbonyl (C=O) groups excluding carboxylic acids is 1. The molecule has 144 valence electrons. The third-order valence-electron chi connectivity index (χ3n) is 5.17. The molecule has 1 aliphatic rings. The number of anilines is 1. The summed E-state index contributed by atoms with van der Waals surface area (Å²) in [5.41, 5.74) is 2.84. The molecule has 7 heteroatoms. The van der Waals surface area contributed by atoms with Gasteiger partial charge in [-0.25, -0.2) is 4.98 Å². The smallest absolute Gasteiger partial charge is 0.261 e. The van der Waals surface area contributed by atoms with E-state index < -0.39 is 0 Å². The summed E-state index contributed by atoms with van der Waals surface area (Å²) >= 11 is 3.39. The number of benzene rings is 2. The number of rotatable bonds is 3. The highest BCUT2D eigenvalue weighted by molar-refractivity contribution is 9.10. The van der Waals surface area contributed by atoms with Crippen LogP contribution in [0, 0.1) is 0 Å². The molecular weight excluding hydrogens is 420 g/mol. The maximum atomic E-state index is 12.8. The lowest BCUT2D eigenvalue weighted by Gasteiger charge is -2.21. The zero-order chi connectivity index (χ0) is 19.7. The fourth-order valence-electron chi connectivity index (χ4n) is 3.57. The van der Waals surface area contributed by atoms with E-state index in [1.54, 1.807) is 6.07 Å². The first-order valence-electron chi connectivity index (χ1n) is 9.24. The van der Waals surface area contributed by atoms with E-state index in [1.165, 1.54) is 16.6 Å². The van der Waals surface area contributed by atoms with Crippen molar-refractivity contribution in [3.05, 3.63) is 69.2 Å². The lowest BCUT2D eigenvalue weighted by atomic mass is 10.1. The molecule has 0 saturated heterocycles. The van der Waals surface area contributed by atoms with Gasteiger partial charge in [0, 0.05) is 49.8 Å². The van der Waals surface area contributed by atoms with Crippen LogP contribution in [0.2, 0.25) is 0 Å².